The fourth-order valence-corrected chi connectivity index (χ4v) is 10.4. The Labute approximate surface area is 548 Å². The van der Waals surface area contributed by atoms with E-state index in [-0.39, 0.29) is 56.2 Å². The van der Waals surface area contributed by atoms with Crippen LogP contribution in [0.15, 0.2) is 48.5 Å². The van der Waals surface area contributed by atoms with Gasteiger partial charge in [0.05, 0.1) is 38.3 Å². The molecule has 2 aliphatic rings. The number of aliphatic hydroxyl groups excluding tert-OH is 2. The molecule has 2 heterocycles. The van der Waals surface area contributed by atoms with E-state index in [2.05, 4.69) is 53.2 Å². The Morgan fingerprint density at radius 3 is 1.44 bits per heavy atom. The van der Waals surface area contributed by atoms with Gasteiger partial charge in [-0.3, -0.25) is 62.3 Å². The predicted molar refractivity (Wildman–Crippen MR) is 336 cm³/mol. The highest BCUT2D eigenvalue weighted by atomic mass is 16.4. The summed E-state index contributed by atoms with van der Waals surface area (Å²) in [5.74, 6) is -15.2. The van der Waals surface area contributed by atoms with Gasteiger partial charge in [-0.25, -0.2) is 4.79 Å². The number of nitrogens with zero attached hydrogens (tertiary/aromatic N) is 2. The Balaban J connectivity index is 1.41. The van der Waals surface area contributed by atoms with Crippen molar-refractivity contribution < 1.29 is 97.8 Å². The smallest absolute Gasteiger partial charge is 0.328 e. The molecular weight excluding hydrogens is 1250 g/mol. The third-order valence-corrected chi connectivity index (χ3v) is 16.2. The highest BCUT2D eigenvalue weighted by Crippen LogP contribution is 2.23. The molecule has 12 amide bonds. The van der Waals surface area contributed by atoms with E-state index >= 15 is 0 Å². The van der Waals surface area contributed by atoms with Crippen LogP contribution < -0.4 is 58.9 Å². The molecule has 0 spiro atoms. The van der Waals surface area contributed by atoms with Crippen LogP contribution in [0, 0.1) is 17.8 Å². The Morgan fingerprint density at radius 1 is 0.516 bits per heavy atom. The lowest BCUT2D eigenvalue weighted by Crippen LogP contribution is -2.60. The SMILES string of the molecule is CC[C@H](C)[C@H](NC(=O)[C@@H]1CCCN1C(=O)[C@H](Cc1ccc(O)cc1)NC(=O)CNC(=O)[C@H](CO)NC(=O)[C@H](C)NC(=O)[C@@H]1CCCN1C(=O)[C@H](CC(=O)O)NC(=O)[C@@H](N)C(C)C)C(=O)N[C@H](C(=O)NCC(=O)N[C@@H](Cc1ccc(O)cc1)C(=O)N[C@H](C(=O)O)[C@@H](C)O)C(C)C. The molecule has 2 aromatic rings. The Morgan fingerprint density at radius 2 is 0.979 bits per heavy atom. The van der Waals surface area contributed by atoms with E-state index in [9.17, 15) is 97.8 Å². The fourth-order valence-electron chi connectivity index (χ4n) is 10.4. The molecule has 33 nitrogen and oxygen atoms in total. The predicted octanol–water partition coefficient (Wildman–Crippen LogP) is -4.39. The molecule has 2 aliphatic heterocycles. The molecule has 0 radical (unpaired) electrons. The van der Waals surface area contributed by atoms with Gasteiger partial charge in [0.2, 0.25) is 70.9 Å². The summed E-state index contributed by atoms with van der Waals surface area (Å²) in [6, 6.07) is -4.10. The van der Waals surface area contributed by atoms with Crippen LogP contribution in [-0.4, -0.2) is 229 Å². The number of aromatic hydroxyl groups is 2. The van der Waals surface area contributed by atoms with Gasteiger partial charge in [0.25, 0.3) is 0 Å². The molecule has 95 heavy (non-hydrogen) atoms. The van der Waals surface area contributed by atoms with E-state index < -0.39 is 193 Å². The molecule has 524 valence electrons. The van der Waals surface area contributed by atoms with Crippen LogP contribution in [-0.2, 0) is 80.0 Å². The second kappa shape index (κ2) is 36.8. The van der Waals surface area contributed by atoms with Crippen molar-refractivity contribution in [3.05, 3.63) is 59.7 Å². The van der Waals surface area contributed by atoms with E-state index in [0.29, 0.717) is 30.4 Å². The van der Waals surface area contributed by atoms with Crippen molar-refractivity contribution >= 4 is 82.8 Å². The lowest BCUT2D eigenvalue weighted by Gasteiger charge is -2.32. The third kappa shape index (κ3) is 23.5. The Bertz CT molecular complexity index is 3080. The first-order chi connectivity index (χ1) is 44.7. The highest BCUT2D eigenvalue weighted by Gasteiger charge is 2.43. The van der Waals surface area contributed by atoms with Crippen LogP contribution >= 0.6 is 0 Å². The van der Waals surface area contributed by atoms with Crippen LogP contribution in [0.5, 0.6) is 11.5 Å². The lowest BCUT2D eigenvalue weighted by molar-refractivity contribution is -0.146. The van der Waals surface area contributed by atoms with E-state index in [0.717, 1.165) is 11.8 Å². The topological polar surface area (TPSA) is 513 Å². The number of benzene rings is 2. The van der Waals surface area contributed by atoms with Crippen LogP contribution in [0.4, 0.5) is 0 Å². The van der Waals surface area contributed by atoms with E-state index in [4.69, 9.17) is 5.73 Å². The molecule has 18 N–H and O–H groups in total. The maximum Gasteiger partial charge on any atom is 0.328 e. The standard InChI is InChI=1S/C62H91N13O20/c1-9-32(6)50(59(91)71-49(31(4)5)58(90)65-28-45(80)67-39(24-35-14-18-37(78)19-15-35)54(86)73-51(34(8)77)62(94)95)72-56(88)44-13-11-23-75(44)60(92)40(25-36-16-20-38(79)21-17-36)68-46(81)27-64-53(85)42(29-76)70-52(84)33(7)66-55(87)43-12-10-22-74(43)61(93)41(26-47(82)83)69-57(89)48(63)30(2)3/h14-21,30-34,39-44,48-51,76-79H,9-13,22-29,63H2,1-8H3,(H,64,85)(H,65,90)(H,66,87)(H,67,80)(H,68,81)(H,69,89)(H,70,84)(H,71,91)(H,72,88)(H,73,86)(H,82,83)(H,94,95)/t32-,33-,34+,39-,40-,41-,42-,43-,44-,48-,49-,50-,51-/m0/s1. The van der Waals surface area contributed by atoms with Crippen LogP contribution in [0.1, 0.15) is 105 Å². The number of amides is 12. The number of aliphatic carboxylic acids is 2. The van der Waals surface area contributed by atoms with Crippen LogP contribution in [0.3, 0.4) is 0 Å². The van der Waals surface area contributed by atoms with Gasteiger partial charge >= 0.3 is 11.9 Å². The number of nitrogens with two attached hydrogens (primary N) is 1. The number of aliphatic hydroxyl groups is 2. The number of carbonyl (C=O) groups excluding carboxylic acids is 12. The van der Waals surface area contributed by atoms with Gasteiger partial charge in [-0.15, -0.1) is 0 Å². The lowest BCUT2D eigenvalue weighted by atomic mass is 9.96. The highest BCUT2D eigenvalue weighted by molar-refractivity contribution is 6.00. The molecule has 0 aliphatic carbocycles. The monoisotopic (exact) mass is 1340 g/mol. The van der Waals surface area contributed by atoms with Crippen LogP contribution in [0.2, 0.25) is 0 Å². The summed E-state index contributed by atoms with van der Waals surface area (Å²) < 4.78 is 0. The fraction of sp³-hybridized carbons (Fsp3) is 0.581. The quantitative estimate of drug-likeness (QED) is 0.0310. The van der Waals surface area contributed by atoms with E-state index in [1.807, 2.05) is 0 Å². The summed E-state index contributed by atoms with van der Waals surface area (Å²) in [7, 11) is 0. The molecule has 2 fully saturated rings. The Kier molecular flexibility index (Phi) is 30.2. The zero-order valence-corrected chi connectivity index (χ0v) is 54.3. The summed E-state index contributed by atoms with van der Waals surface area (Å²) in [5.41, 5.74) is 6.79. The molecule has 33 heteroatoms. The summed E-state index contributed by atoms with van der Waals surface area (Å²) >= 11 is 0. The Hall–Kier alpha value is -9.50. The second-order valence-corrected chi connectivity index (χ2v) is 24.4. The van der Waals surface area contributed by atoms with E-state index in [1.165, 1.54) is 60.4 Å². The molecule has 4 rings (SSSR count). The van der Waals surface area contributed by atoms with Crippen LogP contribution in [0.25, 0.3) is 0 Å². The van der Waals surface area contributed by atoms with E-state index in [1.54, 1.807) is 41.5 Å². The number of likely N-dealkylation sites (tertiary alicyclic amines) is 2. The molecule has 0 unspecified atom stereocenters. The third-order valence-electron chi connectivity index (χ3n) is 16.2. The minimum Gasteiger partial charge on any atom is -0.508 e. The number of carbonyl (C=O) groups is 14. The minimum atomic E-state index is -1.74. The number of nitrogens with one attached hydrogen (secondary N) is 10. The normalized spacial score (nSPS) is 17.9. The number of hydrogen-bond acceptors (Lipinski definition) is 19. The van der Waals surface area contributed by atoms with Crippen molar-refractivity contribution in [1.29, 1.82) is 0 Å². The molecule has 2 aromatic carbocycles. The van der Waals surface area contributed by atoms with Gasteiger partial charge < -0.3 is 99.3 Å². The maximum absolute atomic E-state index is 14.6. The average molecular weight is 1340 g/mol. The van der Waals surface area contributed by atoms with Crippen molar-refractivity contribution in [3.63, 3.8) is 0 Å². The number of rotatable bonds is 35. The van der Waals surface area contributed by atoms with Gasteiger partial charge in [-0.05, 0) is 92.7 Å². The number of carboxylic acids is 2. The van der Waals surface area contributed by atoms with Gasteiger partial charge in [0.15, 0.2) is 6.04 Å². The average Bonchev–Trinajstić information content (AvgIpc) is 1.77. The first-order valence-corrected chi connectivity index (χ1v) is 31.3. The van der Waals surface area contributed by atoms with Gasteiger partial charge in [0, 0.05) is 25.9 Å². The number of carboxylic acid groups (broad SMARTS) is 2. The van der Waals surface area contributed by atoms with Crippen molar-refractivity contribution in [3.8, 4) is 11.5 Å². The molecule has 0 bridgehead atoms. The molecule has 13 atom stereocenters. The number of phenols is 2. The molecule has 0 saturated carbocycles. The molecule has 2 saturated heterocycles. The summed E-state index contributed by atoms with van der Waals surface area (Å²) in [6.45, 7) is 9.78. The second-order valence-electron chi connectivity index (χ2n) is 24.4. The van der Waals surface area contributed by atoms with Gasteiger partial charge in [-0.2, -0.15) is 0 Å². The number of hydrogen-bond donors (Lipinski definition) is 17. The summed E-state index contributed by atoms with van der Waals surface area (Å²) in [4.78, 5) is 190. The molecular formula is C62H91N13O20. The largest absolute Gasteiger partial charge is 0.508 e. The van der Waals surface area contributed by atoms with Gasteiger partial charge in [0.1, 0.15) is 65.9 Å². The number of phenolic OH excluding ortho intramolecular Hbond substituents is 2. The maximum atomic E-state index is 14.6. The molecule has 0 aromatic heterocycles. The zero-order valence-electron chi connectivity index (χ0n) is 54.3. The van der Waals surface area contributed by atoms with Crippen molar-refractivity contribution in [1.82, 2.24) is 63.0 Å². The van der Waals surface area contributed by atoms with Gasteiger partial charge in [-0.1, -0.05) is 72.2 Å². The zero-order chi connectivity index (χ0) is 71.1. The minimum absolute atomic E-state index is 0.0146. The summed E-state index contributed by atoms with van der Waals surface area (Å²) in [5, 5.41) is 83.3. The first-order valence-electron chi connectivity index (χ1n) is 31.3. The van der Waals surface area contributed by atoms with Crippen molar-refractivity contribution in [2.24, 2.45) is 23.5 Å². The van der Waals surface area contributed by atoms with Crippen molar-refractivity contribution in [2.45, 2.75) is 179 Å². The summed E-state index contributed by atoms with van der Waals surface area (Å²) in [6.07, 6.45) is -1.58. The van der Waals surface area contributed by atoms with Crippen molar-refractivity contribution in [2.75, 3.05) is 32.8 Å². The first kappa shape index (κ1) is 77.9.